The largest absolute Gasteiger partial charge is 0.357 e. The van der Waals surface area contributed by atoms with Crippen LogP contribution in [0.2, 0.25) is 5.02 Å². The van der Waals surface area contributed by atoms with E-state index in [-0.39, 0.29) is 0 Å². The van der Waals surface area contributed by atoms with Gasteiger partial charge in [0.2, 0.25) is 0 Å². The molecule has 1 saturated heterocycles. The lowest BCUT2D eigenvalue weighted by molar-refractivity contribution is 0.628. The molecule has 0 spiro atoms. The quantitative estimate of drug-likeness (QED) is 0.646. The van der Waals surface area contributed by atoms with Crippen molar-refractivity contribution >= 4 is 23.4 Å². The number of rotatable bonds is 5. The van der Waals surface area contributed by atoms with Crippen LogP contribution >= 0.6 is 11.6 Å². The molecule has 0 radical (unpaired) electrons. The van der Waals surface area contributed by atoms with Crippen LogP contribution in [-0.2, 0) is 0 Å². The highest BCUT2D eigenvalue weighted by Gasteiger charge is 2.25. The van der Waals surface area contributed by atoms with Crippen LogP contribution in [0, 0.1) is 5.92 Å². The minimum atomic E-state index is 0.364. The number of guanidine groups is 1. The number of halogens is 1. The van der Waals surface area contributed by atoms with Gasteiger partial charge in [-0.25, -0.2) is 4.98 Å². The smallest absolute Gasteiger partial charge is 0.191 e. The van der Waals surface area contributed by atoms with Crippen molar-refractivity contribution in [1.82, 2.24) is 15.6 Å². The van der Waals surface area contributed by atoms with E-state index in [0.29, 0.717) is 17.0 Å². The molecule has 2 N–H and O–H groups in total. The van der Waals surface area contributed by atoms with Crippen LogP contribution in [0.15, 0.2) is 23.3 Å². The highest BCUT2D eigenvalue weighted by molar-refractivity contribution is 6.32. The maximum Gasteiger partial charge on any atom is 0.191 e. The lowest BCUT2D eigenvalue weighted by Gasteiger charge is -2.20. The van der Waals surface area contributed by atoms with E-state index in [0.717, 1.165) is 44.4 Å². The Labute approximate surface area is 138 Å². The Morgan fingerprint density at radius 3 is 3.05 bits per heavy atom. The second-order valence-electron chi connectivity index (χ2n) is 6.00. The zero-order valence-corrected chi connectivity index (χ0v) is 14.4. The minimum absolute atomic E-state index is 0.364. The van der Waals surface area contributed by atoms with E-state index in [1.165, 1.54) is 0 Å². The second kappa shape index (κ2) is 8.22. The first-order valence-electron chi connectivity index (χ1n) is 8.00. The zero-order valence-electron chi connectivity index (χ0n) is 13.6. The van der Waals surface area contributed by atoms with Crippen LogP contribution in [0.25, 0.3) is 0 Å². The summed E-state index contributed by atoms with van der Waals surface area (Å²) >= 11 is 6.23. The van der Waals surface area contributed by atoms with Gasteiger partial charge in [0.1, 0.15) is 5.82 Å². The Balaban J connectivity index is 1.94. The van der Waals surface area contributed by atoms with Crippen LogP contribution in [0.3, 0.4) is 0 Å². The highest BCUT2D eigenvalue weighted by atomic mass is 35.5. The molecular weight excluding hydrogens is 298 g/mol. The number of nitrogens with one attached hydrogen (secondary N) is 2. The first-order chi connectivity index (χ1) is 10.6. The van der Waals surface area contributed by atoms with Gasteiger partial charge >= 0.3 is 0 Å². The Kier molecular flexibility index (Phi) is 6.31. The molecule has 1 unspecified atom stereocenters. The molecule has 2 rings (SSSR count). The van der Waals surface area contributed by atoms with Gasteiger partial charge in [-0.15, -0.1) is 0 Å². The molecule has 122 valence electrons. The van der Waals surface area contributed by atoms with Crippen LogP contribution in [-0.4, -0.2) is 43.2 Å². The lowest BCUT2D eigenvalue weighted by atomic mass is 10.2. The van der Waals surface area contributed by atoms with Crippen molar-refractivity contribution in [1.29, 1.82) is 0 Å². The monoisotopic (exact) mass is 323 g/mol. The number of pyridine rings is 1. The predicted octanol–water partition coefficient (Wildman–Crippen LogP) is 2.52. The number of anilines is 1. The summed E-state index contributed by atoms with van der Waals surface area (Å²) in [5, 5.41) is 7.54. The highest BCUT2D eigenvalue weighted by Crippen LogP contribution is 2.25. The SMILES string of the molecule is CCNC(=NCC(C)C)NC1CCN(c2ncccc2Cl)C1. The van der Waals surface area contributed by atoms with Crippen LogP contribution in [0.1, 0.15) is 27.2 Å². The van der Waals surface area contributed by atoms with E-state index in [1.54, 1.807) is 6.20 Å². The van der Waals surface area contributed by atoms with Crippen molar-refractivity contribution in [3.63, 3.8) is 0 Å². The van der Waals surface area contributed by atoms with Crippen molar-refractivity contribution in [2.45, 2.75) is 33.2 Å². The standard InChI is InChI=1S/C16H26ClN5/c1-4-18-16(20-10-12(2)3)21-13-7-9-22(11-13)15-14(17)6-5-8-19-15/h5-6,8,12-13H,4,7,9-11H2,1-3H3,(H2,18,20,21). The van der Waals surface area contributed by atoms with Gasteiger partial charge in [0.15, 0.2) is 5.96 Å². The van der Waals surface area contributed by atoms with Gasteiger partial charge in [0.05, 0.1) is 5.02 Å². The molecule has 5 nitrogen and oxygen atoms in total. The van der Waals surface area contributed by atoms with Crippen LogP contribution < -0.4 is 15.5 Å². The summed E-state index contributed by atoms with van der Waals surface area (Å²) in [6.45, 7) is 9.98. The van der Waals surface area contributed by atoms with E-state index in [4.69, 9.17) is 11.6 Å². The van der Waals surface area contributed by atoms with Crippen molar-refractivity contribution < 1.29 is 0 Å². The number of hydrogen-bond acceptors (Lipinski definition) is 3. The summed E-state index contributed by atoms with van der Waals surface area (Å²) in [4.78, 5) is 11.2. The Bertz CT molecular complexity index is 503. The molecule has 0 aromatic carbocycles. The molecule has 0 aliphatic carbocycles. The van der Waals surface area contributed by atoms with Crippen LogP contribution in [0.5, 0.6) is 0 Å². The molecule has 2 heterocycles. The molecule has 1 aromatic rings. The fourth-order valence-electron chi connectivity index (χ4n) is 2.47. The summed E-state index contributed by atoms with van der Waals surface area (Å²) in [6, 6.07) is 4.11. The molecule has 1 fully saturated rings. The third-order valence-corrected chi connectivity index (χ3v) is 3.82. The van der Waals surface area contributed by atoms with Gasteiger partial charge in [-0.1, -0.05) is 25.4 Å². The second-order valence-corrected chi connectivity index (χ2v) is 6.41. The third-order valence-electron chi connectivity index (χ3n) is 3.53. The van der Waals surface area contributed by atoms with Crippen molar-refractivity contribution in [2.24, 2.45) is 10.9 Å². The molecule has 0 bridgehead atoms. The maximum atomic E-state index is 6.23. The first-order valence-corrected chi connectivity index (χ1v) is 8.38. The lowest BCUT2D eigenvalue weighted by Crippen LogP contribution is -2.44. The number of nitrogens with zero attached hydrogens (tertiary/aromatic N) is 3. The molecule has 1 aliphatic rings. The summed E-state index contributed by atoms with van der Waals surface area (Å²) in [7, 11) is 0. The van der Waals surface area contributed by atoms with Gasteiger partial charge in [0.25, 0.3) is 0 Å². The average molecular weight is 324 g/mol. The van der Waals surface area contributed by atoms with Crippen LogP contribution in [0.4, 0.5) is 5.82 Å². The van der Waals surface area contributed by atoms with Crippen molar-refractivity contribution in [3.8, 4) is 0 Å². The van der Waals surface area contributed by atoms with E-state index in [9.17, 15) is 0 Å². The Morgan fingerprint density at radius 2 is 2.36 bits per heavy atom. The Hall–Kier alpha value is -1.49. The molecule has 1 aliphatic heterocycles. The van der Waals surface area contributed by atoms with Gasteiger partial charge in [-0.2, -0.15) is 0 Å². The number of hydrogen-bond donors (Lipinski definition) is 2. The summed E-state index contributed by atoms with van der Waals surface area (Å²) in [6.07, 6.45) is 2.84. The molecule has 1 aromatic heterocycles. The van der Waals surface area contributed by atoms with Crippen molar-refractivity contribution in [2.75, 3.05) is 31.1 Å². The zero-order chi connectivity index (χ0) is 15.9. The van der Waals surface area contributed by atoms with E-state index in [2.05, 4.69) is 46.3 Å². The van der Waals surface area contributed by atoms with Gasteiger partial charge < -0.3 is 15.5 Å². The third kappa shape index (κ3) is 4.77. The minimum Gasteiger partial charge on any atom is -0.357 e. The fourth-order valence-corrected chi connectivity index (χ4v) is 2.71. The van der Waals surface area contributed by atoms with Crippen molar-refractivity contribution in [3.05, 3.63) is 23.4 Å². The predicted molar refractivity (Wildman–Crippen MR) is 93.8 cm³/mol. The first kappa shape index (κ1) is 16.9. The molecule has 0 amide bonds. The summed E-state index contributed by atoms with van der Waals surface area (Å²) < 4.78 is 0. The maximum absolute atomic E-state index is 6.23. The molecule has 22 heavy (non-hydrogen) atoms. The fraction of sp³-hybridized carbons (Fsp3) is 0.625. The molecule has 0 saturated carbocycles. The average Bonchev–Trinajstić information content (AvgIpc) is 2.94. The topological polar surface area (TPSA) is 52.6 Å². The summed E-state index contributed by atoms with van der Waals surface area (Å²) in [5.74, 6) is 2.33. The molecule has 1 atom stereocenters. The summed E-state index contributed by atoms with van der Waals surface area (Å²) in [5.41, 5.74) is 0. The van der Waals surface area contributed by atoms with E-state index < -0.39 is 0 Å². The normalized spacial score (nSPS) is 18.9. The van der Waals surface area contributed by atoms with Gasteiger partial charge in [-0.05, 0) is 31.4 Å². The van der Waals surface area contributed by atoms with E-state index >= 15 is 0 Å². The number of aromatic nitrogens is 1. The van der Waals surface area contributed by atoms with E-state index in [1.807, 2.05) is 12.1 Å². The van der Waals surface area contributed by atoms with Gasteiger partial charge in [-0.3, -0.25) is 4.99 Å². The van der Waals surface area contributed by atoms with Gasteiger partial charge in [0, 0.05) is 38.4 Å². The Morgan fingerprint density at radius 1 is 1.55 bits per heavy atom. The number of aliphatic imine (C=N–C) groups is 1. The molecular formula is C16H26ClN5. The molecule has 6 heteroatoms.